The molecule has 2 heteroatoms. The Morgan fingerprint density at radius 3 is 2.05 bits per heavy atom. The van der Waals surface area contributed by atoms with Crippen LogP contribution in [0.15, 0.2) is 82.7 Å². The first-order valence-electron chi connectivity index (χ1n) is 14.9. The van der Waals surface area contributed by atoms with E-state index in [9.17, 15) is 0 Å². The topological polar surface area (TPSA) is 3.88 Å². The maximum absolute atomic E-state index is 2.47. The van der Waals surface area contributed by atoms with Crippen LogP contribution in [0.3, 0.4) is 0 Å². The molecule has 0 saturated carbocycles. The van der Waals surface area contributed by atoms with Crippen LogP contribution in [0.5, 0.6) is 0 Å². The molecule has 0 radical (unpaired) electrons. The Hall–Kier alpha value is -3.36. The van der Waals surface area contributed by atoms with Gasteiger partial charge in [0.25, 0.3) is 0 Å². The fraction of sp³-hybridized carbons (Fsp3) is 0.308. The van der Waals surface area contributed by atoms with Gasteiger partial charge in [0, 0.05) is 21.2 Å². The van der Waals surface area contributed by atoms with Crippen molar-refractivity contribution in [3.63, 3.8) is 0 Å². The average Bonchev–Trinajstić information content (AvgIpc) is 2.89. The average molecular weight is 555 g/mol. The van der Waals surface area contributed by atoms with Gasteiger partial charge in [-0.1, -0.05) is 95.8 Å². The maximum atomic E-state index is 2.47. The van der Waals surface area contributed by atoms with Crippen LogP contribution >= 0.6 is 11.8 Å². The van der Waals surface area contributed by atoms with Gasteiger partial charge in [-0.05, 0) is 97.8 Å². The van der Waals surface area contributed by atoms with E-state index in [-0.39, 0.29) is 10.8 Å². The molecule has 0 atom stereocenters. The number of pyridine rings is 1. The molecule has 1 nitrogen and oxygen atoms in total. The number of aryl methyl sites for hydroxylation is 2. The second kappa shape index (κ2) is 9.07. The van der Waals surface area contributed by atoms with Gasteiger partial charge < -0.3 is 0 Å². The van der Waals surface area contributed by atoms with Crippen LogP contribution in [0.2, 0.25) is 0 Å². The number of hydrogen-bond acceptors (Lipinski definition) is 1. The van der Waals surface area contributed by atoms with Gasteiger partial charge in [-0.3, -0.25) is 0 Å². The Bertz CT molecular complexity index is 2050. The molecule has 0 N–H and O–H groups in total. The van der Waals surface area contributed by atoms with Crippen molar-refractivity contribution in [3.8, 4) is 11.3 Å². The SMILES string of the molecule is Cc1c2c(c(CC(C)(C)C)c3cc4ccccc4cc13)Sc1cc3cc(CC(C)(C)C)ccc3c3cc[n+](C)c-2c13. The molecule has 1 aliphatic rings. The highest BCUT2D eigenvalue weighted by molar-refractivity contribution is 8.00. The number of nitrogens with zero attached hydrogens (tertiary/aromatic N) is 1. The molecule has 206 valence electrons. The van der Waals surface area contributed by atoms with Crippen LogP contribution in [-0.4, -0.2) is 0 Å². The summed E-state index contributed by atoms with van der Waals surface area (Å²) in [7, 11) is 2.22. The van der Waals surface area contributed by atoms with Gasteiger partial charge in [-0.15, -0.1) is 0 Å². The van der Waals surface area contributed by atoms with E-state index >= 15 is 0 Å². The Kier molecular flexibility index (Phi) is 5.87. The van der Waals surface area contributed by atoms with Crippen LogP contribution in [0.25, 0.3) is 54.3 Å². The minimum atomic E-state index is 0.169. The molecule has 0 saturated heterocycles. The van der Waals surface area contributed by atoms with E-state index < -0.39 is 0 Å². The molecule has 1 aromatic heterocycles. The van der Waals surface area contributed by atoms with Crippen molar-refractivity contribution in [1.29, 1.82) is 0 Å². The van der Waals surface area contributed by atoms with Crippen molar-refractivity contribution in [3.05, 3.63) is 89.6 Å². The van der Waals surface area contributed by atoms with Crippen LogP contribution in [0.4, 0.5) is 0 Å². The molecule has 2 heterocycles. The summed E-state index contributed by atoms with van der Waals surface area (Å²) in [4.78, 5) is 2.83. The monoisotopic (exact) mass is 554 g/mol. The largest absolute Gasteiger partial charge is 0.222 e. The minimum absolute atomic E-state index is 0.169. The molecular weight excluding hydrogens is 515 g/mol. The van der Waals surface area contributed by atoms with E-state index in [1.807, 2.05) is 11.8 Å². The fourth-order valence-corrected chi connectivity index (χ4v) is 8.38. The van der Waals surface area contributed by atoms with E-state index in [4.69, 9.17) is 0 Å². The molecule has 0 aliphatic carbocycles. The van der Waals surface area contributed by atoms with E-state index in [1.165, 1.54) is 80.8 Å². The first-order valence-corrected chi connectivity index (χ1v) is 15.7. The predicted molar refractivity (Wildman–Crippen MR) is 178 cm³/mol. The quantitative estimate of drug-likeness (QED) is 0.117. The third-order valence-corrected chi connectivity index (χ3v) is 9.84. The lowest BCUT2D eigenvalue weighted by molar-refractivity contribution is -0.659. The van der Waals surface area contributed by atoms with Gasteiger partial charge in [-0.2, -0.15) is 0 Å². The van der Waals surface area contributed by atoms with Crippen LogP contribution in [0, 0.1) is 17.8 Å². The molecule has 6 aromatic rings. The standard InChI is InChI=1S/C39H40NS/c1-23-30-18-25-11-9-10-12-26(25)19-31(30)32(22-39(5,6)7)37-34(23)36-35-29(15-16-40(36)8)28-14-13-24(21-38(2,3)4)17-27(28)20-33(35)41-37/h9-20H,21-22H2,1-8H3/q+1. The summed E-state index contributed by atoms with van der Waals surface area (Å²) in [6.45, 7) is 16.4. The molecule has 1 aliphatic heterocycles. The molecule has 5 aromatic carbocycles. The molecule has 0 bridgehead atoms. The van der Waals surface area contributed by atoms with Gasteiger partial charge in [0.05, 0.1) is 10.9 Å². The highest BCUT2D eigenvalue weighted by Gasteiger charge is 2.33. The summed E-state index contributed by atoms with van der Waals surface area (Å²) in [6.07, 6.45) is 4.39. The van der Waals surface area contributed by atoms with Gasteiger partial charge in [0.2, 0.25) is 5.69 Å². The van der Waals surface area contributed by atoms with E-state index in [1.54, 1.807) is 0 Å². The molecule has 41 heavy (non-hydrogen) atoms. The lowest BCUT2D eigenvalue weighted by atomic mass is 9.82. The maximum Gasteiger partial charge on any atom is 0.222 e. The van der Waals surface area contributed by atoms with Crippen LogP contribution < -0.4 is 4.57 Å². The summed E-state index contributed by atoms with van der Waals surface area (Å²) in [5.74, 6) is 0. The number of fused-ring (bicyclic) bond motifs is 6. The van der Waals surface area contributed by atoms with Gasteiger partial charge in [0.1, 0.15) is 7.05 Å². The second-order valence-corrected chi connectivity index (χ2v) is 15.7. The Morgan fingerprint density at radius 1 is 0.683 bits per heavy atom. The van der Waals surface area contributed by atoms with Crippen LogP contribution in [0.1, 0.15) is 58.2 Å². The fourth-order valence-electron chi connectivity index (χ4n) is 7.01. The number of hydrogen-bond donors (Lipinski definition) is 0. The van der Waals surface area contributed by atoms with Crippen LogP contribution in [-0.2, 0) is 19.9 Å². The highest BCUT2D eigenvalue weighted by atomic mass is 32.2. The van der Waals surface area contributed by atoms with Crippen molar-refractivity contribution >= 4 is 54.9 Å². The number of aromatic nitrogens is 1. The van der Waals surface area contributed by atoms with Crippen molar-refractivity contribution < 1.29 is 4.57 Å². The van der Waals surface area contributed by atoms with Crippen molar-refractivity contribution in [2.45, 2.75) is 71.1 Å². The first kappa shape index (κ1) is 26.5. The molecular formula is C39H40NS+. The summed E-state index contributed by atoms with van der Waals surface area (Å²) >= 11 is 2.01. The Morgan fingerprint density at radius 2 is 1.37 bits per heavy atom. The normalized spacial score (nSPS) is 13.5. The summed E-state index contributed by atoms with van der Waals surface area (Å²) in [5.41, 5.74) is 7.51. The summed E-state index contributed by atoms with van der Waals surface area (Å²) in [6, 6.07) is 25.7. The number of rotatable bonds is 2. The molecule has 0 spiro atoms. The van der Waals surface area contributed by atoms with E-state index in [2.05, 4.69) is 133 Å². The highest BCUT2D eigenvalue weighted by Crippen LogP contribution is 2.53. The van der Waals surface area contributed by atoms with Crippen molar-refractivity contribution in [2.24, 2.45) is 17.9 Å². The first-order chi connectivity index (χ1) is 19.4. The van der Waals surface area contributed by atoms with Crippen molar-refractivity contribution in [1.82, 2.24) is 0 Å². The smallest absolute Gasteiger partial charge is 0.200 e. The Labute approximate surface area is 248 Å². The Balaban J connectivity index is 1.59. The molecule has 7 rings (SSSR count). The number of benzene rings is 5. The van der Waals surface area contributed by atoms with Crippen molar-refractivity contribution in [2.75, 3.05) is 0 Å². The van der Waals surface area contributed by atoms with E-state index in [0.717, 1.165) is 12.8 Å². The molecule has 0 unspecified atom stereocenters. The third kappa shape index (κ3) is 4.43. The third-order valence-electron chi connectivity index (χ3n) is 8.64. The minimum Gasteiger partial charge on any atom is -0.200 e. The van der Waals surface area contributed by atoms with E-state index in [0.29, 0.717) is 0 Å². The summed E-state index contributed by atoms with van der Waals surface area (Å²) in [5, 5.41) is 10.9. The zero-order valence-corrected chi connectivity index (χ0v) is 26.5. The van der Waals surface area contributed by atoms with Gasteiger partial charge in [-0.25, -0.2) is 4.57 Å². The summed E-state index contributed by atoms with van der Waals surface area (Å²) < 4.78 is 2.37. The molecule has 0 amide bonds. The lowest BCUT2D eigenvalue weighted by Crippen LogP contribution is -2.32. The van der Waals surface area contributed by atoms with Gasteiger partial charge in [0.15, 0.2) is 6.20 Å². The molecule has 0 fully saturated rings. The lowest BCUT2D eigenvalue weighted by Gasteiger charge is -2.28. The second-order valence-electron chi connectivity index (χ2n) is 14.6. The zero-order valence-electron chi connectivity index (χ0n) is 25.7. The predicted octanol–water partition coefficient (Wildman–Crippen LogP) is 10.7. The zero-order chi connectivity index (χ0) is 28.8. The van der Waals surface area contributed by atoms with Gasteiger partial charge >= 0.3 is 0 Å².